The van der Waals surface area contributed by atoms with Crippen molar-refractivity contribution < 1.29 is 13.2 Å². The Balaban J connectivity index is 2.31. The molecule has 6 heteroatoms. The highest BCUT2D eigenvalue weighted by Gasteiger charge is 2.37. The minimum atomic E-state index is -4.59. The molecule has 0 radical (unpaired) electrons. The summed E-state index contributed by atoms with van der Waals surface area (Å²) in [5.41, 5.74) is 0.636. The lowest BCUT2D eigenvalue weighted by Crippen LogP contribution is -2.12. The maximum atomic E-state index is 13.3. The molecule has 3 aromatic rings. The van der Waals surface area contributed by atoms with E-state index in [-0.39, 0.29) is 11.2 Å². The second kappa shape index (κ2) is 5.25. The van der Waals surface area contributed by atoms with Crippen LogP contribution in [0.25, 0.3) is 22.3 Å². The van der Waals surface area contributed by atoms with Gasteiger partial charge in [0.1, 0.15) is 5.69 Å². The van der Waals surface area contributed by atoms with Crippen LogP contribution in [0.3, 0.4) is 0 Å². The van der Waals surface area contributed by atoms with Crippen molar-refractivity contribution >= 4 is 22.6 Å². The third-order valence-electron chi connectivity index (χ3n) is 3.22. The zero-order valence-electron chi connectivity index (χ0n) is 11.4. The van der Waals surface area contributed by atoms with Crippen molar-refractivity contribution in [2.45, 2.75) is 13.1 Å². The topological polar surface area (TPSA) is 25.8 Å². The van der Waals surface area contributed by atoms with E-state index in [0.717, 1.165) is 5.56 Å². The Morgan fingerprint density at radius 1 is 0.909 bits per heavy atom. The van der Waals surface area contributed by atoms with Gasteiger partial charge >= 0.3 is 6.18 Å². The molecule has 1 aromatic heterocycles. The maximum absolute atomic E-state index is 13.3. The molecule has 0 spiro atoms. The van der Waals surface area contributed by atoms with E-state index < -0.39 is 11.9 Å². The van der Waals surface area contributed by atoms with Crippen LogP contribution < -0.4 is 0 Å². The van der Waals surface area contributed by atoms with Crippen LogP contribution in [0.15, 0.2) is 42.5 Å². The quantitative estimate of drug-likeness (QED) is 0.609. The molecule has 0 N–H and O–H groups in total. The summed E-state index contributed by atoms with van der Waals surface area (Å²) in [6, 6.07) is 11.2. The highest BCUT2D eigenvalue weighted by Crippen LogP contribution is 2.36. The number of hydrogen-bond acceptors (Lipinski definition) is 2. The van der Waals surface area contributed by atoms with Gasteiger partial charge in [-0.15, -0.1) is 0 Å². The zero-order chi connectivity index (χ0) is 15.9. The highest BCUT2D eigenvalue weighted by molar-refractivity contribution is 6.31. The van der Waals surface area contributed by atoms with Gasteiger partial charge in [-0.3, -0.25) is 0 Å². The first-order chi connectivity index (χ1) is 10.3. The van der Waals surface area contributed by atoms with Gasteiger partial charge in [0.25, 0.3) is 0 Å². The predicted octanol–water partition coefficient (Wildman–Crippen LogP) is 5.28. The smallest absolute Gasteiger partial charge is 0.244 e. The fourth-order valence-electron chi connectivity index (χ4n) is 2.14. The minimum Gasteiger partial charge on any atom is -0.244 e. The molecule has 2 aromatic carbocycles. The van der Waals surface area contributed by atoms with Crippen LogP contribution >= 0.6 is 11.6 Å². The lowest BCUT2D eigenvalue weighted by atomic mass is 10.1. The van der Waals surface area contributed by atoms with Crippen molar-refractivity contribution in [3.05, 3.63) is 58.7 Å². The minimum absolute atomic E-state index is 0.121. The van der Waals surface area contributed by atoms with Gasteiger partial charge < -0.3 is 0 Å². The van der Waals surface area contributed by atoms with E-state index in [1.807, 2.05) is 6.92 Å². The molecule has 2 nitrogen and oxygen atoms in total. The maximum Gasteiger partial charge on any atom is 0.435 e. The summed E-state index contributed by atoms with van der Waals surface area (Å²) in [4.78, 5) is 7.88. The molecule has 1 heterocycles. The Morgan fingerprint density at radius 3 is 2.23 bits per heavy atom. The molecule has 0 bridgehead atoms. The molecule has 0 aliphatic rings. The molecule has 0 aliphatic heterocycles. The van der Waals surface area contributed by atoms with Crippen LogP contribution in [0.1, 0.15) is 11.3 Å². The van der Waals surface area contributed by atoms with Gasteiger partial charge in [0.15, 0.2) is 5.69 Å². The molecule has 0 amide bonds. The Hall–Kier alpha value is -2.14. The number of aromatic nitrogens is 2. The fraction of sp³-hybridized carbons (Fsp3) is 0.125. The highest BCUT2D eigenvalue weighted by atomic mass is 35.5. The van der Waals surface area contributed by atoms with E-state index >= 15 is 0 Å². The van der Waals surface area contributed by atoms with E-state index in [2.05, 4.69) is 9.97 Å². The number of benzene rings is 2. The van der Waals surface area contributed by atoms with Gasteiger partial charge in [-0.1, -0.05) is 41.4 Å². The van der Waals surface area contributed by atoms with Crippen LogP contribution in [-0.4, -0.2) is 9.97 Å². The van der Waals surface area contributed by atoms with Crippen molar-refractivity contribution in [1.82, 2.24) is 9.97 Å². The number of fused-ring (bicyclic) bond motifs is 1. The largest absolute Gasteiger partial charge is 0.435 e. The van der Waals surface area contributed by atoms with Gasteiger partial charge in [0, 0.05) is 10.6 Å². The number of rotatable bonds is 1. The fourth-order valence-corrected chi connectivity index (χ4v) is 2.30. The number of nitrogens with zero attached hydrogens (tertiary/aromatic N) is 2. The molecule has 112 valence electrons. The number of aryl methyl sites for hydroxylation is 1. The molecule has 0 saturated carbocycles. The van der Waals surface area contributed by atoms with Crippen LogP contribution in [0, 0.1) is 6.92 Å². The average Bonchev–Trinajstić information content (AvgIpc) is 2.46. The molecule has 3 rings (SSSR count). The second-order valence-corrected chi connectivity index (χ2v) is 5.35. The number of halogens is 4. The molecule has 0 saturated heterocycles. The molecule has 0 unspecified atom stereocenters. The monoisotopic (exact) mass is 322 g/mol. The molecule has 0 atom stereocenters. The van der Waals surface area contributed by atoms with Gasteiger partial charge in [-0.05, 0) is 25.1 Å². The van der Waals surface area contributed by atoms with Crippen molar-refractivity contribution in [2.24, 2.45) is 0 Å². The first kappa shape index (κ1) is 14.8. The predicted molar refractivity (Wildman–Crippen MR) is 79.7 cm³/mol. The van der Waals surface area contributed by atoms with E-state index in [1.54, 1.807) is 36.4 Å². The van der Waals surface area contributed by atoms with E-state index in [9.17, 15) is 13.2 Å². The number of hydrogen-bond donors (Lipinski definition) is 0. The average molecular weight is 323 g/mol. The summed E-state index contributed by atoms with van der Waals surface area (Å²) < 4.78 is 39.9. The first-order valence-electron chi connectivity index (χ1n) is 6.46. The lowest BCUT2D eigenvalue weighted by Gasteiger charge is -2.13. The molecule has 0 aliphatic carbocycles. The summed E-state index contributed by atoms with van der Waals surface area (Å²) in [6.07, 6.45) is -4.59. The second-order valence-electron chi connectivity index (χ2n) is 4.92. The normalized spacial score (nSPS) is 11.9. The third kappa shape index (κ3) is 2.76. The van der Waals surface area contributed by atoms with Crippen LogP contribution in [0.4, 0.5) is 13.2 Å². The SMILES string of the molecule is Cc1ccc(-c2nc3ccc(Cl)cc3nc2C(F)(F)F)cc1. The van der Waals surface area contributed by atoms with Gasteiger partial charge in [0.05, 0.1) is 11.0 Å². The summed E-state index contributed by atoms with van der Waals surface area (Å²) in [7, 11) is 0. The van der Waals surface area contributed by atoms with Crippen LogP contribution in [0.2, 0.25) is 5.02 Å². The Bertz CT molecular complexity index is 842. The van der Waals surface area contributed by atoms with E-state index in [1.165, 1.54) is 6.07 Å². The summed E-state index contributed by atoms with van der Waals surface area (Å²) >= 11 is 5.81. The molecular weight excluding hydrogens is 313 g/mol. The van der Waals surface area contributed by atoms with Crippen molar-refractivity contribution in [3.8, 4) is 11.3 Å². The molecule has 0 fully saturated rings. The molecule has 22 heavy (non-hydrogen) atoms. The van der Waals surface area contributed by atoms with E-state index in [0.29, 0.717) is 16.1 Å². The summed E-state index contributed by atoms with van der Waals surface area (Å²) in [6.45, 7) is 1.86. The Kier molecular flexibility index (Phi) is 3.53. The zero-order valence-corrected chi connectivity index (χ0v) is 12.2. The van der Waals surface area contributed by atoms with Gasteiger partial charge in [-0.25, -0.2) is 9.97 Å². The standard InChI is InChI=1S/C16H10ClF3N2/c1-9-2-4-10(5-3-9)14-15(16(18,19)20)22-13-8-11(17)6-7-12(13)21-14/h2-8H,1H3. The van der Waals surface area contributed by atoms with Crippen molar-refractivity contribution in [1.29, 1.82) is 0 Å². The van der Waals surface area contributed by atoms with Gasteiger partial charge in [-0.2, -0.15) is 13.2 Å². The van der Waals surface area contributed by atoms with Crippen LogP contribution in [0.5, 0.6) is 0 Å². The number of alkyl halides is 3. The first-order valence-corrected chi connectivity index (χ1v) is 6.84. The summed E-state index contributed by atoms with van der Waals surface area (Å²) in [5.74, 6) is 0. The summed E-state index contributed by atoms with van der Waals surface area (Å²) in [5, 5.41) is 0.318. The lowest BCUT2D eigenvalue weighted by molar-refractivity contribution is -0.140. The Morgan fingerprint density at radius 2 is 1.59 bits per heavy atom. The van der Waals surface area contributed by atoms with Gasteiger partial charge in [0.2, 0.25) is 0 Å². The van der Waals surface area contributed by atoms with Crippen molar-refractivity contribution in [3.63, 3.8) is 0 Å². The Labute approximate surface area is 129 Å². The van der Waals surface area contributed by atoms with Crippen LogP contribution in [-0.2, 0) is 6.18 Å². The van der Waals surface area contributed by atoms with Crippen molar-refractivity contribution in [2.75, 3.05) is 0 Å². The molecular formula is C16H10ClF3N2. The third-order valence-corrected chi connectivity index (χ3v) is 3.45. The van der Waals surface area contributed by atoms with E-state index in [4.69, 9.17) is 11.6 Å².